The Bertz CT molecular complexity index is 685. The SMILES string of the molecule is CCS(=O)(=O)N1CCN(C(=O)c2nc(C(C)C)ncc2Cl)CC1. The highest BCUT2D eigenvalue weighted by Gasteiger charge is 2.29. The van der Waals surface area contributed by atoms with Gasteiger partial charge in [0, 0.05) is 32.1 Å². The molecule has 1 fully saturated rings. The molecule has 0 radical (unpaired) electrons. The second-order valence-electron chi connectivity index (χ2n) is 5.67. The maximum absolute atomic E-state index is 12.6. The molecule has 2 rings (SSSR count). The Morgan fingerprint density at radius 2 is 1.91 bits per heavy atom. The van der Waals surface area contributed by atoms with Crippen molar-refractivity contribution >= 4 is 27.5 Å². The lowest BCUT2D eigenvalue weighted by atomic mass is 10.2. The van der Waals surface area contributed by atoms with Gasteiger partial charge < -0.3 is 4.90 Å². The van der Waals surface area contributed by atoms with Crippen LogP contribution in [0.4, 0.5) is 0 Å². The van der Waals surface area contributed by atoms with Crippen molar-refractivity contribution in [2.24, 2.45) is 0 Å². The van der Waals surface area contributed by atoms with Crippen LogP contribution in [0.25, 0.3) is 0 Å². The second kappa shape index (κ2) is 7.11. The van der Waals surface area contributed by atoms with Gasteiger partial charge in [0.25, 0.3) is 5.91 Å². The number of hydrogen-bond acceptors (Lipinski definition) is 5. The Morgan fingerprint density at radius 1 is 1.30 bits per heavy atom. The molecule has 1 aromatic heterocycles. The fourth-order valence-electron chi connectivity index (χ4n) is 2.31. The molecular weight excluding hydrogens is 340 g/mol. The minimum Gasteiger partial charge on any atom is -0.335 e. The zero-order chi connectivity index (χ0) is 17.2. The van der Waals surface area contributed by atoms with Crippen molar-refractivity contribution in [3.05, 3.63) is 22.7 Å². The van der Waals surface area contributed by atoms with Crippen LogP contribution in [0.3, 0.4) is 0 Å². The van der Waals surface area contributed by atoms with Gasteiger partial charge in [0.2, 0.25) is 10.0 Å². The number of rotatable bonds is 4. The van der Waals surface area contributed by atoms with Crippen molar-refractivity contribution in [3.8, 4) is 0 Å². The molecule has 1 saturated heterocycles. The van der Waals surface area contributed by atoms with E-state index in [1.54, 1.807) is 11.8 Å². The van der Waals surface area contributed by atoms with Gasteiger partial charge in [-0.3, -0.25) is 4.79 Å². The van der Waals surface area contributed by atoms with Crippen LogP contribution in [-0.4, -0.2) is 65.4 Å². The van der Waals surface area contributed by atoms with Crippen LogP contribution in [0.15, 0.2) is 6.20 Å². The zero-order valence-corrected chi connectivity index (χ0v) is 15.1. The van der Waals surface area contributed by atoms with Gasteiger partial charge in [-0.05, 0) is 6.92 Å². The van der Waals surface area contributed by atoms with Crippen LogP contribution in [0, 0.1) is 0 Å². The van der Waals surface area contributed by atoms with Crippen molar-refractivity contribution < 1.29 is 13.2 Å². The van der Waals surface area contributed by atoms with Crippen molar-refractivity contribution in [2.45, 2.75) is 26.7 Å². The van der Waals surface area contributed by atoms with Gasteiger partial charge in [-0.2, -0.15) is 4.31 Å². The average molecular weight is 361 g/mol. The summed E-state index contributed by atoms with van der Waals surface area (Å²) >= 11 is 6.06. The normalized spacial score (nSPS) is 16.8. The summed E-state index contributed by atoms with van der Waals surface area (Å²) in [5.74, 6) is 0.430. The summed E-state index contributed by atoms with van der Waals surface area (Å²) in [6, 6.07) is 0. The summed E-state index contributed by atoms with van der Waals surface area (Å²) in [6.45, 7) is 6.73. The maximum Gasteiger partial charge on any atom is 0.274 e. The molecule has 0 atom stereocenters. The number of aromatic nitrogens is 2. The van der Waals surface area contributed by atoms with E-state index in [1.807, 2.05) is 13.8 Å². The van der Waals surface area contributed by atoms with E-state index >= 15 is 0 Å². The van der Waals surface area contributed by atoms with Crippen LogP contribution in [-0.2, 0) is 10.0 Å². The zero-order valence-electron chi connectivity index (χ0n) is 13.5. The van der Waals surface area contributed by atoms with Gasteiger partial charge in [-0.25, -0.2) is 18.4 Å². The first-order valence-electron chi connectivity index (χ1n) is 7.55. The van der Waals surface area contributed by atoms with E-state index in [-0.39, 0.29) is 28.3 Å². The van der Waals surface area contributed by atoms with E-state index < -0.39 is 10.0 Å². The Kier molecular flexibility index (Phi) is 5.59. The first-order valence-corrected chi connectivity index (χ1v) is 9.54. The Hall–Kier alpha value is -1.25. The summed E-state index contributed by atoms with van der Waals surface area (Å²) in [5.41, 5.74) is 0.178. The molecule has 0 spiro atoms. The highest BCUT2D eigenvalue weighted by atomic mass is 35.5. The molecule has 1 aromatic rings. The third-order valence-corrected chi connectivity index (χ3v) is 5.92. The molecule has 0 N–H and O–H groups in total. The molecule has 7 nitrogen and oxygen atoms in total. The fraction of sp³-hybridized carbons (Fsp3) is 0.643. The molecule has 9 heteroatoms. The number of nitrogens with zero attached hydrogens (tertiary/aromatic N) is 4. The van der Waals surface area contributed by atoms with Crippen LogP contribution in [0.1, 0.15) is 43.0 Å². The van der Waals surface area contributed by atoms with Crippen LogP contribution < -0.4 is 0 Å². The van der Waals surface area contributed by atoms with E-state index in [9.17, 15) is 13.2 Å². The summed E-state index contributed by atoms with van der Waals surface area (Å²) in [7, 11) is -3.22. The summed E-state index contributed by atoms with van der Waals surface area (Å²) in [5, 5.41) is 0.211. The minimum absolute atomic E-state index is 0.0659. The van der Waals surface area contributed by atoms with Gasteiger partial charge in [0.05, 0.1) is 17.0 Å². The molecule has 0 aliphatic carbocycles. The first kappa shape index (κ1) is 18.1. The minimum atomic E-state index is -3.22. The standard InChI is InChI=1S/C14H21ClN4O3S/c1-4-23(21,22)19-7-5-18(6-8-19)14(20)12-11(15)9-16-13(17-12)10(2)3/h9-10H,4-8H2,1-3H3. The van der Waals surface area contributed by atoms with Crippen molar-refractivity contribution in [2.75, 3.05) is 31.9 Å². The van der Waals surface area contributed by atoms with Gasteiger partial charge in [-0.1, -0.05) is 25.4 Å². The van der Waals surface area contributed by atoms with Crippen LogP contribution in [0.5, 0.6) is 0 Å². The van der Waals surface area contributed by atoms with Gasteiger partial charge in [0.1, 0.15) is 5.82 Å². The molecule has 0 bridgehead atoms. The van der Waals surface area contributed by atoms with E-state index in [2.05, 4.69) is 9.97 Å². The quantitative estimate of drug-likeness (QED) is 0.809. The second-order valence-corrected chi connectivity index (χ2v) is 8.34. The number of halogens is 1. The highest BCUT2D eigenvalue weighted by molar-refractivity contribution is 7.89. The monoisotopic (exact) mass is 360 g/mol. The molecule has 128 valence electrons. The van der Waals surface area contributed by atoms with E-state index in [0.29, 0.717) is 32.0 Å². The van der Waals surface area contributed by atoms with Gasteiger partial charge >= 0.3 is 0 Å². The largest absolute Gasteiger partial charge is 0.335 e. The third kappa shape index (κ3) is 3.99. The smallest absolute Gasteiger partial charge is 0.274 e. The molecular formula is C14H21ClN4O3S. The molecule has 1 amide bonds. The number of piperazine rings is 1. The molecule has 23 heavy (non-hydrogen) atoms. The predicted octanol–water partition coefficient (Wildman–Crippen LogP) is 1.36. The average Bonchev–Trinajstić information content (AvgIpc) is 2.54. The molecule has 0 saturated carbocycles. The lowest BCUT2D eigenvalue weighted by Crippen LogP contribution is -2.51. The van der Waals surface area contributed by atoms with Crippen LogP contribution in [0.2, 0.25) is 5.02 Å². The number of hydrogen-bond donors (Lipinski definition) is 0. The van der Waals surface area contributed by atoms with Gasteiger partial charge in [-0.15, -0.1) is 0 Å². The molecule has 2 heterocycles. The topological polar surface area (TPSA) is 83.5 Å². The van der Waals surface area contributed by atoms with Gasteiger partial charge in [0.15, 0.2) is 5.69 Å². The summed E-state index contributed by atoms with van der Waals surface area (Å²) in [4.78, 5) is 22.6. The van der Waals surface area contributed by atoms with Crippen molar-refractivity contribution in [1.29, 1.82) is 0 Å². The Labute approximate surface area is 141 Å². The van der Waals surface area contributed by atoms with Crippen LogP contribution >= 0.6 is 11.6 Å². The number of carbonyl (C=O) groups excluding carboxylic acids is 1. The molecule has 0 aromatic carbocycles. The number of amides is 1. The lowest BCUT2D eigenvalue weighted by molar-refractivity contribution is 0.0691. The summed E-state index contributed by atoms with van der Waals surface area (Å²) in [6.07, 6.45) is 1.44. The number of sulfonamides is 1. The Balaban J connectivity index is 2.13. The predicted molar refractivity (Wildman–Crippen MR) is 88.1 cm³/mol. The number of carbonyl (C=O) groups is 1. The highest BCUT2D eigenvalue weighted by Crippen LogP contribution is 2.19. The van der Waals surface area contributed by atoms with E-state index in [1.165, 1.54) is 10.5 Å². The lowest BCUT2D eigenvalue weighted by Gasteiger charge is -2.33. The van der Waals surface area contributed by atoms with E-state index in [0.717, 1.165) is 0 Å². The third-order valence-electron chi connectivity index (χ3n) is 3.77. The van der Waals surface area contributed by atoms with Crippen molar-refractivity contribution in [3.63, 3.8) is 0 Å². The first-order chi connectivity index (χ1) is 10.8. The molecule has 0 unspecified atom stereocenters. The summed E-state index contributed by atoms with van der Waals surface area (Å²) < 4.78 is 25.1. The molecule has 1 aliphatic rings. The maximum atomic E-state index is 12.6. The molecule has 1 aliphatic heterocycles. The van der Waals surface area contributed by atoms with Crippen molar-refractivity contribution in [1.82, 2.24) is 19.2 Å². The fourth-order valence-corrected chi connectivity index (χ4v) is 3.57. The Morgan fingerprint density at radius 3 is 2.43 bits per heavy atom. The van der Waals surface area contributed by atoms with E-state index in [4.69, 9.17) is 11.6 Å².